The largest absolute Gasteiger partial charge is 0.548 e. The van der Waals surface area contributed by atoms with Gasteiger partial charge in [-0.1, -0.05) is 13.0 Å². The molecule has 1 heterocycles. The Balaban J connectivity index is 2.25. The Labute approximate surface area is 138 Å². The molecule has 128 valence electrons. The monoisotopic (exact) mass is 333 g/mol. The summed E-state index contributed by atoms with van der Waals surface area (Å²) in [5, 5.41) is 15.6. The highest BCUT2D eigenvalue weighted by Gasteiger charge is 2.18. The van der Waals surface area contributed by atoms with Crippen molar-refractivity contribution in [3.8, 4) is 11.5 Å². The van der Waals surface area contributed by atoms with Gasteiger partial charge in [-0.25, -0.2) is 0 Å². The number of benzene rings is 1. The van der Waals surface area contributed by atoms with Crippen molar-refractivity contribution in [3.05, 3.63) is 29.5 Å². The summed E-state index contributed by atoms with van der Waals surface area (Å²) in [4.78, 5) is 34.5. The fourth-order valence-corrected chi connectivity index (χ4v) is 2.08. The molecular formula is C16H17N2O6-. The lowest BCUT2D eigenvalue weighted by Crippen LogP contribution is -2.49. The van der Waals surface area contributed by atoms with Gasteiger partial charge in [-0.15, -0.1) is 0 Å². The quantitative estimate of drug-likeness (QED) is 0.680. The van der Waals surface area contributed by atoms with Gasteiger partial charge in [0.05, 0.1) is 12.0 Å². The van der Waals surface area contributed by atoms with E-state index in [1.54, 1.807) is 25.1 Å². The van der Waals surface area contributed by atoms with E-state index in [0.717, 1.165) is 0 Å². The van der Waals surface area contributed by atoms with Gasteiger partial charge in [0.1, 0.15) is 5.70 Å². The Morgan fingerprint density at radius 1 is 1.29 bits per heavy atom. The molecule has 2 amide bonds. The molecule has 1 aromatic rings. The maximum Gasteiger partial charge on any atom is 0.268 e. The molecule has 24 heavy (non-hydrogen) atoms. The summed E-state index contributed by atoms with van der Waals surface area (Å²) in [5.74, 6) is -1.47. The number of hydrogen-bond donors (Lipinski definition) is 2. The number of carboxylic acids is 1. The maximum absolute atomic E-state index is 12.2. The summed E-state index contributed by atoms with van der Waals surface area (Å²) >= 11 is 0. The number of hydrogen-bond acceptors (Lipinski definition) is 6. The first kappa shape index (κ1) is 17.3. The highest BCUT2D eigenvalue weighted by atomic mass is 16.7. The second kappa shape index (κ2) is 7.49. The molecule has 1 aliphatic rings. The van der Waals surface area contributed by atoms with Gasteiger partial charge < -0.3 is 30.0 Å². The third-order valence-corrected chi connectivity index (χ3v) is 3.26. The number of fused-ring (bicyclic) bond motifs is 1. The zero-order valence-electron chi connectivity index (χ0n) is 13.3. The summed E-state index contributed by atoms with van der Waals surface area (Å²) in [5.41, 5.74) is 0.501. The summed E-state index contributed by atoms with van der Waals surface area (Å²) in [6.07, 6.45) is 1.58. The van der Waals surface area contributed by atoms with Crippen molar-refractivity contribution in [2.24, 2.45) is 0 Å². The second-order valence-electron chi connectivity index (χ2n) is 5.11. The van der Waals surface area contributed by atoms with Gasteiger partial charge in [0.2, 0.25) is 12.7 Å². The maximum atomic E-state index is 12.2. The Morgan fingerprint density at radius 2 is 2.00 bits per heavy atom. The van der Waals surface area contributed by atoms with E-state index < -0.39 is 23.8 Å². The molecule has 0 aliphatic carbocycles. The molecule has 0 fully saturated rings. The van der Waals surface area contributed by atoms with Gasteiger partial charge in [0.15, 0.2) is 11.5 Å². The third-order valence-electron chi connectivity index (χ3n) is 3.26. The van der Waals surface area contributed by atoms with Crippen molar-refractivity contribution in [1.82, 2.24) is 10.6 Å². The Kier molecular flexibility index (Phi) is 5.41. The Morgan fingerprint density at radius 3 is 2.62 bits per heavy atom. The van der Waals surface area contributed by atoms with Crippen LogP contribution in [-0.4, -0.2) is 30.6 Å². The van der Waals surface area contributed by atoms with E-state index in [9.17, 15) is 19.5 Å². The first-order valence-corrected chi connectivity index (χ1v) is 7.31. The minimum atomic E-state index is -1.39. The number of ether oxygens (including phenoxy) is 2. The molecule has 0 spiro atoms. The van der Waals surface area contributed by atoms with Crippen molar-refractivity contribution in [2.45, 2.75) is 26.3 Å². The van der Waals surface area contributed by atoms with Crippen molar-refractivity contribution < 1.29 is 29.0 Å². The fraction of sp³-hybridized carbons (Fsp3) is 0.312. The van der Waals surface area contributed by atoms with E-state index in [1.807, 2.05) is 0 Å². The minimum Gasteiger partial charge on any atom is -0.548 e. The molecule has 0 bridgehead atoms. The summed E-state index contributed by atoms with van der Waals surface area (Å²) in [6, 6.07) is 3.85. The minimum absolute atomic E-state index is 0.0823. The Hall–Kier alpha value is -3.03. The number of carboxylic acid groups (broad SMARTS) is 1. The number of carbonyl (C=O) groups excluding carboxylic acids is 3. The van der Waals surface area contributed by atoms with Crippen LogP contribution in [0.25, 0.3) is 6.08 Å². The SMILES string of the molecule is CC[C@@H](NC(=O)/C(=C\c1ccc2c(c1)OCO2)NC(C)=O)C(=O)[O-]. The van der Waals surface area contributed by atoms with Crippen LogP contribution in [0.3, 0.4) is 0 Å². The van der Waals surface area contributed by atoms with E-state index in [0.29, 0.717) is 17.1 Å². The van der Waals surface area contributed by atoms with Crippen LogP contribution in [0, 0.1) is 0 Å². The van der Waals surface area contributed by atoms with Crippen molar-refractivity contribution in [3.63, 3.8) is 0 Å². The molecule has 0 radical (unpaired) electrons. The molecule has 0 saturated carbocycles. The van der Waals surface area contributed by atoms with Crippen molar-refractivity contribution in [2.75, 3.05) is 6.79 Å². The van der Waals surface area contributed by atoms with E-state index in [4.69, 9.17) is 9.47 Å². The molecule has 1 atom stereocenters. The first-order valence-electron chi connectivity index (χ1n) is 7.31. The average molecular weight is 333 g/mol. The highest BCUT2D eigenvalue weighted by molar-refractivity contribution is 6.02. The van der Waals surface area contributed by atoms with Crippen LogP contribution in [0.2, 0.25) is 0 Å². The van der Waals surface area contributed by atoms with E-state index in [-0.39, 0.29) is 18.9 Å². The lowest BCUT2D eigenvalue weighted by Gasteiger charge is -2.19. The number of amides is 2. The molecule has 8 heteroatoms. The smallest absolute Gasteiger partial charge is 0.268 e. The topological polar surface area (TPSA) is 117 Å². The zero-order valence-corrected chi connectivity index (χ0v) is 13.3. The number of aliphatic carboxylic acids is 1. The van der Waals surface area contributed by atoms with Crippen LogP contribution in [-0.2, 0) is 14.4 Å². The normalized spacial score (nSPS) is 14.0. The summed E-state index contributed by atoms with van der Waals surface area (Å²) < 4.78 is 10.5. The zero-order chi connectivity index (χ0) is 17.7. The van der Waals surface area contributed by atoms with Gasteiger partial charge in [-0.3, -0.25) is 9.59 Å². The Bertz CT molecular complexity index is 698. The van der Waals surface area contributed by atoms with Crippen LogP contribution < -0.4 is 25.2 Å². The van der Waals surface area contributed by atoms with Crippen LogP contribution >= 0.6 is 0 Å². The third kappa shape index (κ3) is 4.25. The van der Waals surface area contributed by atoms with Gasteiger partial charge in [0.25, 0.3) is 5.91 Å². The predicted octanol–water partition coefficient (Wildman–Crippen LogP) is -0.463. The van der Waals surface area contributed by atoms with Crippen molar-refractivity contribution >= 4 is 23.9 Å². The first-order chi connectivity index (χ1) is 11.4. The van der Waals surface area contributed by atoms with Gasteiger partial charge in [-0.2, -0.15) is 0 Å². The molecule has 0 unspecified atom stereocenters. The standard InChI is InChI=1S/C16H18N2O6/c1-3-11(16(21)22)18-15(20)12(17-9(2)19)6-10-4-5-13-14(7-10)24-8-23-13/h4-7,11H,3,8H2,1-2H3,(H,17,19)(H,18,20)(H,21,22)/p-1/b12-6+/t11-/m1/s1. The van der Waals surface area contributed by atoms with Gasteiger partial charge in [-0.05, 0) is 30.2 Å². The molecule has 1 aliphatic heterocycles. The summed E-state index contributed by atoms with van der Waals surface area (Å²) in [7, 11) is 0. The van der Waals surface area contributed by atoms with Crippen molar-refractivity contribution in [1.29, 1.82) is 0 Å². The van der Waals surface area contributed by atoms with E-state index >= 15 is 0 Å². The van der Waals surface area contributed by atoms with Gasteiger partial charge >= 0.3 is 0 Å². The number of nitrogens with one attached hydrogen (secondary N) is 2. The molecule has 2 rings (SSSR count). The second-order valence-corrected chi connectivity index (χ2v) is 5.11. The van der Waals surface area contributed by atoms with Crippen LogP contribution in [0.1, 0.15) is 25.8 Å². The number of carbonyl (C=O) groups is 3. The fourth-order valence-electron chi connectivity index (χ4n) is 2.08. The van der Waals surface area contributed by atoms with Crippen LogP contribution in [0.15, 0.2) is 23.9 Å². The van der Waals surface area contributed by atoms with Crippen LogP contribution in [0.5, 0.6) is 11.5 Å². The molecule has 0 aromatic heterocycles. The highest BCUT2D eigenvalue weighted by Crippen LogP contribution is 2.32. The molecule has 8 nitrogen and oxygen atoms in total. The average Bonchev–Trinajstić information content (AvgIpc) is 2.98. The molecular weight excluding hydrogens is 316 g/mol. The van der Waals surface area contributed by atoms with Gasteiger partial charge in [0, 0.05) is 6.92 Å². The molecule has 0 saturated heterocycles. The number of rotatable bonds is 6. The lowest BCUT2D eigenvalue weighted by molar-refractivity contribution is -0.308. The molecule has 1 aromatic carbocycles. The summed E-state index contributed by atoms with van der Waals surface area (Å²) in [6.45, 7) is 2.96. The molecule has 2 N–H and O–H groups in total. The van der Waals surface area contributed by atoms with E-state index in [1.165, 1.54) is 13.0 Å². The van der Waals surface area contributed by atoms with E-state index in [2.05, 4.69) is 10.6 Å². The van der Waals surface area contributed by atoms with Crippen LogP contribution in [0.4, 0.5) is 0 Å². The lowest BCUT2D eigenvalue weighted by atomic mass is 10.1. The predicted molar refractivity (Wildman–Crippen MR) is 81.6 cm³/mol.